The van der Waals surface area contributed by atoms with Crippen molar-refractivity contribution in [1.82, 2.24) is 0 Å². The van der Waals surface area contributed by atoms with Crippen LogP contribution in [-0.2, 0) is 0 Å². The van der Waals surface area contributed by atoms with Crippen LogP contribution in [-0.4, -0.2) is 11.5 Å². The van der Waals surface area contributed by atoms with Gasteiger partial charge in [0.2, 0.25) is 0 Å². The Balaban J connectivity index is 3.16. The van der Waals surface area contributed by atoms with E-state index in [0.29, 0.717) is 12.4 Å². The lowest BCUT2D eigenvalue weighted by atomic mass is 10.0. The highest BCUT2D eigenvalue weighted by Crippen LogP contribution is 2.30. The van der Waals surface area contributed by atoms with Gasteiger partial charge in [0, 0.05) is 12.0 Å². The molecule has 4 heteroatoms. The Labute approximate surface area is 94.7 Å². The summed E-state index contributed by atoms with van der Waals surface area (Å²) < 4.78 is 5.24. The fourth-order valence-electron chi connectivity index (χ4n) is 1.30. The molecule has 0 atom stereocenters. The molecule has 0 amide bonds. The molecule has 0 spiro atoms. The average molecular weight is 220 g/mol. The van der Waals surface area contributed by atoms with Crippen molar-refractivity contribution < 1.29 is 9.66 Å². The molecule has 1 aromatic carbocycles. The van der Waals surface area contributed by atoms with Crippen LogP contribution >= 0.6 is 0 Å². The van der Waals surface area contributed by atoms with Gasteiger partial charge in [0.05, 0.1) is 11.5 Å². The molecule has 0 fully saturated rings. The molecule has 16 heavy (non-hydrogen) atoms. The smallest absolute Gasteiger partial charge is 0.310 e. The second-order valence-corrected chi connectivity index (χ2v) is 3.26. The van der Waals surface area contributed by atoms with Gasteiger partial charge in [0.25, 0.3) is 0 Å². The largest absolute Gasteiger partial charge is 0.487 e. The number of hydrogen-bond donors (Lipinski definition) is 0. The molecule has 0 unspecified atom stereocenters. The van der Waals surface area contributed by atoms with Gasteiger partial charge in [-0.2, -0.15) is 0 Å². The van der Waals surface area contributed by atoms with Gasteiger partial charge in [-0.3, -0.25) is 10.1 Å². The average Bonchev–Trinajstić information content (AvgIpc) is 2.28. The number of nitro groups is 1. The van der Waals surface area contributed by atoms with Gasteiger partial charge in [-0.15, -0.1) is 6.58 Å². The van der Waals surface area contributed by atoms with Gasteiger partial charge < -0.3 is 4.74 Å². The Morgan fingerprint density at radius 2 is 2.31 bits per heavy atom. The Morgan fingerprint density at radius 3 is 2.81 bits per heavy atom. The lowest BCUT2D eigenvalue weighted by Crippen LogP contribution is -1.99. The Hall–Kier alpha value is -1.84. The van der Waals surface area contributed by atoms with E-state index < -0.39 is 4.92 Å². The zero-order valence-corrected chi connectivity index (χ0v) is 9.40. The van der Waals surface area contributed by atoms with Crippen molar-refractivity contribution in [3.63, 3.8) is 0 Å². The molecule has 0 aliphatic heterocycles. The Morgan fingerprint density at radius 1 is 1.62 bits per heavy atom. The van der Waals surface area contributed by atoms with Crippen molar-refractivity contribution in [2.75, 3.05) is 6.61 Å². The topological polar surface area (TPSA) is 52.4 Å². The first-order valence-electron chi connectivity index (χ1n) is 4.97. The van der Waals surface area contributed by atoms with Crippen molar-refractivity contribution in [3.05, 3.63) is 52.4 Å². The van der Waals surface area contributed by atoms with Crippen molar-refractivity contribution in [3.8, 4) is 5.75 Å². The van der Waals surface area contributed by atoms with E-state index in [2.05, 4.69) is 6.58 Å². The van der Waals surface area contributed by atoms with E-state index in [-0.39, 0.29) is 5.69 Å². The monoisotopic (exact) mass is 220 g/mol. The Bertz CT molecular complexity index is 401. The van der Waals surface area contributed by atoms with Crippen LogP contribution in [0.2, 0.25) is 0 Å². The normalized spacial score (nSPS) is 10.2. The summed E-state index contributed by atoms with van der Waals surface area (Å²) in [7, 11) is 0. The zero-order valence-electron chi connectivity index (χ0n) is 9.40. The van der Waals surface area contributed by atoms with Crippen molar-refractivity contribution in [2.24, 2.45) is 0 Å². The van der Waals surface area contributed by atoms with Crippen molar-refractivity contribution in [2.45, 2.75) is 13.8 Å². The quantitative estimate of drug-likeness (QED) is 0.565. The Kier molecular flexibility index (Phi) is 4.05. The van der Waals surface area contributed by atoms with E-state index in [1.165, 1.54) is 6.07 Å². The van der Waals surface area contributed by atoms with Gasteiger partial charge in [0.15, 0.2) is 5.75 Å². The van der Waals surface area contributed by atoms with Crippen LogP contribution in [0.15, 0.2) is 30.9 Å². The summed E-state index contributed by atoms with van der Waals surface area (Å²) in [6.07, 6.45) is 1.71. The first-order valence-corrected chi connectivity index (χ1v) is 4.97. The van der Waals surface area contributed by atoms with E-state index in [9.17, 15) is 10.1 Å². The molecule has 1 radical (unpaired) electrons. The maximum absolute atomic E-state index is 10.7. The zero-order chi connectivity index (χ0) is 12.1. The summed E-state index contributed by atoms with van der Waals surface area (Å²) in [5.74, 6) is 1.25. The summed E-state index contributed by atoms with van der Waals surface area (Å²) in [5.41, 5.74) is 0.867. The molecule has 0 saturated carbocycles. The number of nitrogens with zero attached hydrogens (tertiary/aromatic N) is 1. The summed E-state index contributed by atoms with van der Waals surface area (Å²) >= 11 is 0. The summed E-state index contributed by atoms with van der Waals surface area (Å²) in [6, 6.07) is 4.81. The van der Waals surface area contributed by atoms with Gasteiger partial charge in [-0.1, -0.05) is 19.1 Å². The molecular weight excluding hydrogens is 206 g/mol. The second kappa shape index (κ2) is 5.30. The maximum atomic E-state index is 10.7. The van der Waals surface area contributed by atoms with E-state index in [1.54, 1.807) is 25.1 Å². The van der Waals surface area contributed by atoms with Gasteiger partial charge in [-0.05, 0) is 18.6 Å². The standard InChI is InChI=1S/C12H14NO3/c1-4-9(3)10-6-7-11(13(14)15)12(8-10)16-5-2/h4,6-8H,1,5H2,2-3H3. The third-order valence-electron chi connectivity index (χ3n) is 2.22. The molecule has 0 bridgehead atoms. The lowest BCUT2D eigenvalue weighted by molar-refractivity contribution is -0.385. The first kappa shape index (κ1) is 12.2. The number of hydrogen-bond acceptors (Lipinski definition) is 3. The SMILES string of the molecule is C=C[C](C)c1ccc([N+](=O)[O-])c(OCC)c1. The van der Waals surface area contributed by atoms with Gasteiger partial charge in [0.1, 0.15) is 0 Å². The fraction of sp³-hybridized carbons (Fsp3) is 0.250. The fourth-order valence-corrected chi connectivity index (χ4v) is 1.30. The molecule has 0 aromatic heterocycles. The van der Waals surface area contributed by atoms with Crippen LogP contribution in [0, 0.1) is 16.0 Å². The molecule has 1 aromatic rings. The van der Waals surface area contributed by atoms with Crippen molar-refractivity contribution in [1.29, 1.82) is 0 Å². The van der Waals surface area contributed by atoms with Crippen LogP contribution in [0.5, 0.6) is 5.75 Å². The number of allylic oxidation sites excluding steroid dienone is 1. The molecule has 4 nitrogen and oxygen atoms in total. The summed E-state index contributed by atoms with van der Waals surface area (Å²) in [5, 5.41) is 10.7. The number of rotatable bonds is 5. The number of ether oxygens (including phenoxy) is 1. The van der Waals surface area contributed by atoms with E-state index in [0.717, 1.165) is 11.5 Å². The van der Waals surface area contributed by atoms with Gasteiger partial charge >= 0.3 is 5.69 Å². The second-order valence-electron chi connectivity index (χ2n) is 3.26. The van der Waals surface area contributed by atoms with Crippen LogP contribution < -0.4 is 4.74 Å². The minimum absolute atomic E-state index is 0.0116. The summed E-state index contributed by atoms with van der Waals surface area (Å²) in [4.78, 5) is 10.3. The maximum Gasteiger partial charge on any atom is 0.310 e. The molecular formula is C12H14NO3. The third kappa shape index (κ3) is 2.59. The van der Waals surface area contributed by atoms with E-state index in [4.69, 9.17) is 4.74 Å². The molecule has 0 aliphatic rings. The molecule has 0 heterocycles. The molecule has 0 aliphatic carbocycles. The lowest BCUT2D eigenvalue weighted by Gasteiger charge is -2.09. The molecule has 1 rings (SSSR count). The number of nitro benzene ring substituents is 1. The highest BCUT2D eigenvalue weighted by atomic mass is 16.6. The first-order chi connectivity index (χ1) is 7.60. The van der Waals surface area contributed by atoms with E-state index >= 15 is 0 Å². The molecule has 0 saturated heterocycles. The van der Waals surface area contributed by atoms with Crippen LogP contribution in [0.1, 0.15) is 19.4 Å². The predicted octanol–water partition coefficient (Wildman–Crippen LogP) is 3.12. The minimum Gasteiger partial charge on any atom is -0.487 e. The summed E-state index contributed by atoms with van der Waals surface area (Å²) in [6.45, 7) is 7.74. The molecule has 85 valence electrons. The minimum atomic E-state index is -0.446. The van der Waals surface area contributed by atoms with Crippen molar-refractivity contribution >= 4 is 5.69 Å². The number of benzene rings is 1. The highest BCUT2D eigenvalue weighted by Gasteiger charge is 2.16. The third-order valence-corrected chi connectivity index (χ3v) is 2.22. The van der Waals surface area contributed by atoms with Gasteiger partial charge in [-0.25, -0.2) is 0 Å². The van der Waals surface area contributed by atoms with E-state index in [1.807, 2.05) is 6.92 Å². The van der Waals surface area contributed by atoms with Crippen LogP contribution in [0.25, 0.3) is 0 Å². The van der Waals surface area contributed by atoms with Crippen LogP contribution in [0.4, 0.5) is 5.69 Å². The molecule has 0 N–H and O–H groups in total. The highest BCUT2D eigenvalue weighted by molar-refractivity contribution is 5.52. The predicted molar refractivity (Wildman–Crippen MR) is 62.5 cm³/mol. The van der Waals surface area contributed by atoms with Crippen LogP contribution in [0.3, 0.4) is 0 Å².